The molecule has 0 spiro atoms. The van der Waals surface area contributed by atoms with E-state index in [4.69, 9.17) is 24.4 Å². The molecule has 0 aliphatic rings. The Labute approximate surface area is 118 Å². The molecule has 0 saturated carbocycles. The van der Waals surface area contributed by atoms with Crippen LogP contribution in [0.3, 0.4) is 0 Å². The molecule has 2 N–H and O–H groups in total. The Bertz CT molecular complexity index is 501. The lowest BCUT2D eigenvalue weighted by molar-refractivity contribution is 0.561. The summed E-state index contributed by atoms with van der Waals surface area (Å²) in [5.41, 5.74) is 1.38. The van der Waals surface area contributed by atoms with Crippen LogP contribution >= 0.6 is 24.4 Å². The fourth-order valence-electron chi connectivity index (χ4n) is 1.49. The first-order chi connectivity index (χ1) is 8.50. The van der Waals surface area contributed by atoms with E-state index in [9.17, 15) is 0 Å². The molecule has 0 aliphatic carbocycles. The van der Waals surface area contributed by atoms with Crippen molar-refractivity contribution in [1.82, 2.24) is 14.9 Å². The normalized spacial score (nSPS) is 12.8. The van der Waals surface area contributed by atoms with Gasteiger partial charge in [0.05, 0.1) is 0 Å². The SMILES string of the molecule is CC(C)=CCC[C@@H](C)C/C=N\n1c(=S)[nH][nH]c1=S. The summed E-state index contributed by atoms with van der Waals surface area (Å²) in [5.74, 6) is 0.606. The Morgan fingerprint density at radius 1 is 1.33 bits per heavy atom. The first-order valence-corrected chi connectivity index (χ1v) is 6.88. The molecule has 6 heteroatoms. The molecule has 1 atom stereocenters. The van der Waals surface area contributed by atoms with E-state index in [0.29, 0.717) is 15.5 Å². The summed E-state index contributed by atoms with van der Waals surface area (Å²) in [6, 6.07) is 0. The second kappa shape index (κ2) is 7.43. The topological polar surface area (TPSA) is 48.9 Å². The zero-order valence-corrected chi connectivity index (χ0v) is 12.7. The minimum atomic E-state index is 0.494. The molecule has 0 aliphatic heterocycles. The number of nitrogens with one attached hydrogen (secondary N) is 2. The lowest BCUT2D eigenvalue weighted by Crippen LogP contribution is -1.97. The minimum Gasteiger partial charge on any atom is -0.273 e. The lowest BCUT2D eigenvalue weighted by atomic mass is 10.0. The van der Waals surface area contributed by atoms with Gasteiger partial charge in [0.1, 0.15) is 0 Å². The summed E-state index contributed by atoms with van der Waals surface area (Å²) < 4.78 is 2.51. The molecule has 0 amide bonds. The minimum absolute atomic E-state index is 0.494. The standard InChI is InChI=1S/C12H20N4S2/c1-9(2)5-4-6-10(3)7-8-13-16-11(17)14-15-12(16)18/h5,8,10H,4,6-7H2,1-3H3,(H,14,17)(H,15,18)/b13-8-/t10-/m1/s1. The third kappa shape index (κ3) is 5.10. The van der Waals surface area contributed by atoms with Crippen molar-refractivity contribution in [2.75, 3.05) is 0 Å². The van der Waals surface area contributed by atoms with E-state index in [2.05, 4.69) is 42.1 Å². The van der Waals surface area contributed by atoms with E-state index in [0.717, 1.165) is 12.8 Å². The van der Waals surface area contributed by atoms with Crippen molar-refractivity contribution in [1.29, 1.82) is 0 Å². The quantitative estimate of drug-likeness (QED) is 0.467. The van der Waals surface area contributed by atoms with E-state index >= 15 is 0 Å². The van der Waals surface area contributed by atoms with Crippen molar-refractivity contribution in [2.24, 2.45) is 11.0 Å². The first kappa shape index (κ1) is 15.0. The highest BCUT2D eigenvalue weighted by Crippen LogP contribution is 2.10. The predicted molar refractivity (Wildman–Crippen MR) is 81.1 cm³/mol. The second-order valence-electron chi connectivity index (χ2n) is 4.67. The van der Waals surface area contributed by atoms with Gasteiger partial charge in [-0.1, -0.05) is 18.6 Å². The second-order valence-corrected chi connectivity index (χ2v) is 5.44. The summed E-state index contributed by atoms with van der Waals surface area (Å²) in [7, 11) is 0. The van der Waals surface area contributed by atoms with Crippen LogP contribution in [0.2, 0.25) is 0 Å². The largest absolute Gasteiger partial charge is 0.273 e. The molecule has 1 aromatic rings. The summed E-state index contributed by atoms with van der Waals surface area (Å²) in [6.45, 7) is 6.48. The Morgan fingerprint density at radius 3 is 2.50 bits per heavy atom. The van der Waals surface area contributed by atoms with Gasteiger partial charge in [0, 0.05) is 6.21 Å². The van der Waals surface area contributed by atoms with Gasteiger partial charge in [0.2, 0.25) is 9.54 Å². The van der Waals surface area contributed by atoms with Crippen molar-refractivity contribution < 1.29 is 0 Å². The predicted octanol–water partition coefficient (Wildman–Crippen LogP) is 4.21. The van der Waals surface area contributed by atoms with Crippen LogP contribution in [0.25, 0.3) is 0 Å². The maximum atomic E-state index is 5.04. The average molecular weight is 284 g/mol. The van der Waals surface area contributed by atoms with Crippen LogP contribution in [0.4, 0.5) is 0 Å². The number of allylic oxidation sites excluding steroid dienone is 2. The van der Waals surface area contributed by atoms with E-state index in [1.54, 1.807) is 0 Å². The highest BCUT2D eigenvalue weighted by Gasteiger charge is 1.99. The van der Waals surface area contributed by atoms with Gasteiger partial charge < -0.3 is 0 Å². The zero-order valence-electron chi connectivity index (χ0n) is 11.1. The molecule has 0 fully saturated rings. The Kier molecular flexibility index (Phi) is 6.21. The Hall–Kier alpha value is -1.01. The maximum Gasteiger partial charge on any atom is 0.215 e. The molecule has 18 heavy (non-hydrogen) atoms. The molecule has 1 rings (SSSR count). The molecular formula is C12H20N4S2. The fourth-order valence-corrected chi connectivity index (χ4v) is 1.93. The van der Waals surface area contributed by atoms with Crippen LogP contribution in [0.1, 0.15) is 40.0 Å². The molecule has 0 unspecified atom stereocenters. The van der Waals surface area contributed by atoms with Gasteiger partial charge in [0.25, 0.3) is 0 Å². The lowest BCUT2D eigenvalue weighted by Gasteiger charge is -2.05. The number of hydrogen-bond acceptors (Lipinski definition) is 3. The van der Waals surface area contributed by atoms with Crippen molar-refractivity contribution in [3.05, 3.63) is 21.2 Å². The van der Waals surface area contributed by atoms with Crippen LogP contribution in [-0.4, -0.2) is 21.1 Å². The third-order valence-electron chi connectivity index (χ3n) is 2.58. The van der Waals surface area contributed by atoms with Crippen LogP contribution in [0, 0.1) is 15.5 Å². The smallest absolute Gasteiger partial charge is 0.215 e. The first-order valence-electron chi connectivity index (χ1n) is 6.06. The van der Waals surface area contributed by atoms with Gasteiger partial charge in [-0.2, -0.15) is 9.78 Å². The Morgan fingerprint density at radius 2 is 1.94 bits per heavy atom. The number of hydrogen-bond donors (Lipinski definition) is 2. The van der Waals surface area contributed by atoms with E-state index in [1.807, 2.05) is 6.21 Å². The van der Waals surface area contributed by atoms with Gasteiger partial charge in [-0.15, -0.1) is 0 Å². The van der Waals surface area contributed by atoms with Crippen LogP contribution < -0.4 is 0 Å². The number of aromatic amines is 2. The average Bonchev–Trinajstić information content (AvgIpc) is 2.60. The van der Waals surface area contributed by atoms with E-state index < -0.39 is 0 Å². The molecule has 0 saturated heterocycles. The number of H-pyrrole nitrogens is 2. The van der Waals surface area contributed by atoms with Gasteiger partial charge in [0.15, 0.2) is 0 Å². The molecule has 4 nitrogen and oxygen atoms in total. The zero-order chi connectivity index (χ0) is 13.5. The van der Waals surface area contributed by atoms with Gasteiger partial charge in [-0.05, 0) is 63.5 Å². The molecular weight excluding hydrogens is 264 g/mol. The van der Waals surface area contributed by atoms with Crippen molar-refractivity contribution in [3.8, 4) is 0 Å². The van der Waals surface area contributed by atoms with Crippen molar-refractivity contribution in [2.45, 2.75) is 40.0 Å². The van der Waals surface area contributed by atoms with Crippen LogP contribution in [-0.2, 0) is 0 Å². The number of rotatable bonds is 6. The molecule has 1 aromatic heterocycles. The van der Waals surface area contributed by atoms with Crippen molar-refractivity contribution in [3.63, 3.8) is 0 Å². The summed E-state index contributed by atoms with van der Waals surface area (Å²) in [4.78, 5) is 0. The maximum absolute atomic E-state index is 5.04. The fraction of sp³-hybridized carbons (Fsp3) is 0.583. The number of aromatic nitrogens is 3. The van der Waals surface area contributed by atoms with Gasteiger partial charge in [-0.25, -0.2) is 0 Å². The Balaban J connectivity index is 2.43. The van der Waals surface area contributed by atoms with Crippen LogP contribution in [0.15, 0.2) is 16.8 Å². The third-order valence-corrected chi connectivity index (χ3v) is 3.13. The molecule has 100 valence electrons. The molecule has 0 aromatic carbocycles. The molecule has 1 heterocycles. The van der Waals surface area contributed by atoms with E-state index in [-0.39, 0.29) is 0 Å². The summed E-state index contributed by atoms with van der Waals surface area (Å²) >= 11 is 10.1. The summed E-state index contributed by atoms with van der Waals surface area (Å²) in [5, 5.41) is 9.75. The molecule has 0 bridgehead atoms. The van der Waals surface area contributed by atoms with Gasteiger partial charge >= 0.3 is 0 Å². The van der Waals surface area contributed by atoms with E-state index in [1.165, 1.54) is 16.7 Å². The van der Waals surface area contributed by atoms with Crippen molar-refractivity contribution >= 4 is 30.7 Å². The molecule has 0 radical (unpaired) electrons. The summed E-state index contributed by atoms with van der Waals surface area (Å²) in [6.07, 6.45) is 7.37. The highest BCUT2D eigenvalue weighted by atomic mass is 32.1. The number of nitrogens with zero attached hydrogens (tertiary/aromatic N) is 2. The van der Waals surface area contributed by atoms with Gasteiger partial charge in [-0.3, -0.25) is 10.2 Å². The highest BCUT2D eigenvalue weighted by molar-refractivity contribution is 7.72. The van der Waals surface area contributed by atoms with Crippen LogP contribution in [0.5, 0.6) is 0 Å². The monoisotopic (exact) mass is 284 g/mol.